The fourth-order valence-corrected chi connectivity index (χ4v) is 4.41. The lowest BCUT2D eigenvalue weighted by Crippen LogP contribution is -2.34. The molecular formula is C23H29N3O5S2. The van der Waals surface area contributed by atoms with Crippen molar-refractivity contribution in [1.29, 1.82) is 0 Å². The molecule has 1 amide bonds. The first-order chi connectivity index (χ1) is 15.7. The minimum Gasteiger partial charge on any atom is -0.493 e. The van der Waals surface area contributed by atoms with Gasteiger partial charge in [0.25, 0.3) is 5.91 Å². The molecule has 10 heteroatoms. The number of thiocarbonyl (C=S) groups is 1. The molecule has 0 aliphatic carbocycles. The summed E-state index contributed by atoms with van der Waals surface area (Å²) in [6, 6.07) is 13.0. The molecule has 8 nitrogen and oxygen atoms in total. The predicted octanol–water partition coefficient (Wildman–Crippen LogP) is 3.31. The molecule has 1 fully saturated rings. The van der Waals surface area contributed by atoms with Crippen LogP contribution in [0.1, 0.15) is 37.0 Å². The molecule has 1 aliphatic heterocycles. The highest BCUT2D eigenvalue weighted by Crippen LogP contribution is 2.17. The van der Waals surface area contributed by atoms with Gasteiger partial charge in [0, 0.05) is 24.4 Å². The van der Waals surface area contributed by atoms with Gasteiger partial charge in [-0.15, -0.1) is 0 Å². The molecule has 0 aromatic heterocycles. The molecule has 1 atom stereocenters. The van der Waals surface area contributed by atoms with Gasteiger partial charge in [-0.2, -0.15) is 0 Å². The number of hydrogen-bond acceptors (Lipinski definition) is 6. The van der Waals surface area contributed by atoms with Crippen LogP contribution in [0.25, 0.3) is 0 Å². The van der Waals surface area contributed by atoms with Crippen molar-refractivity contribution in [2.75, 3.05) is 25.1 Å². The van der Waals surface area contributed by atoms with Crippen LogP contribution in [0.3, 0.4) is 0 Å². The van der Waals surface area contributed by atoms with Crippen molar-refractivity contribution in [3.8, 4) is 5.75 Å². The fraction of sp³-hybridized carbons (Fsp3) is 0.391. The van der Waals surface area contributed by atoms with E-state index >= 15 is 0 Å². The molecule has 3 rings (SSSR count). The zero-order valence-electron chi connectivity index (χ0n) is 18.7. The van der Waals surface area contributed by atoms with Crippen LogP contribution in [-0.4, -0.2) is 45.3 Å². The molecule has 0 bridgehead atoms. The average molecular weight is 492 g/mol. The Balaban J connectivity index is 1.53. The lowest BCUT2D eigenvalue weighted by atomic mass is 10.2. The summed E-state index contributed by atoms with van der Waals surface area (Å²) in [7, 11) is -3.63. The van der Waals surface area contributed by atoms with Gasteiger partial charge in [-0.3, -0.25) is 10.1 Å². The van der Waals surface area contributed by atoms with Crippen LogP contribution >= 0.6 is 12.2 Å². The van der Waals surface area contributed by atoms with E-state index in [1.54, 1.807) is 36.4 Å². The molecule has 1 saturated heterocycles. The van der Waals surface area contributed by atoms with Gasteiger partial charge in [0.15, 0.2) is 5.11 Å². The molecule has 1 heterocycles. The minimum absolute atomic E-state index is 0.0795. The Bertz CT molecular complexity index is 1070. The summed E-state index contributed by atoms with van der Waals surface area (Å²) < 4.78 is 38.6. The molecular weight excluding hydrogens is 462 g/mol. The smallest absolute Gasteiger partial charge is 0.257 e. The first-order valence-corrected chi connectivity index (χ1v) is 12.7. The number of hydrogen-bond donors (Lipinski definition) is 3. The van der Waals surface area contributed by atoms with Gasteiger partial charge in [0.1, 0.15) is 5.75 Å². The lowest BCUT2D eigenvalue weighted by molar-refractivity contribution is 0.0977. The van der Waals surface area contributed by atoms with Crippen LogP contribution < -0.4 is 20.1 Å². The van der Waals surface area contributed by atoms with Crippen molar-refractivity contribution in [3.63, 3.8) is 0 Å². The largest absolute Gasteiger partial charge is 0.493 e. The van der Waals surface area contributed by atoms with E-state index in [2.05, 4.69) is 15.4 Å². The van der Waals surface area contributed by atoms with Gasteiger partial charge in [-0.25, -0.2) is 13.1 Å². The maximum atomic E-state index is 12.5. The number of rotatable bonds is 9. The standard InChI is InChI=1S/C23H29N3O5S2/c1-16(2)15-31-19-6-3-5-17(13-19)22(27)26-23(32)25-18-8-10-21(11-9-18)33(28,29)24-14-20-7-4-12-30-20/h3,5-6,8-11,13,16,20,24H,4,7,12,14-15H2,1-2H3,(H2,25,26,27,32). The maximum Gasteiger partial charge on any atom is 0.257 e. The second-order valence-corrected chi connectivity index (χ2v) is 10.3. The van der Waals surface area contributed by atoms with Crippen molar-refractivity contribution < 1.29 is 22.7 Å². The Morgan fingerprint density at radius 3 is 2.64 bits per heavy atom. The zero-order valence-corrected chi connectivity index (χ0v) is 20.3. The topological polar surface area (TPSA) is 106 Å². The number of ether oxygens (including phenoxy) is 2. The van der Waals surface area contributed by atoms with Gasteiger partial charge in [0.05, 0.1) is 17.6 Å². The number of carbonyl (C=O) groups excluding carboxylic acids is 1. The molecule has 3 N–H and O–H groups in total. The first kappa shape index (κ1) is 25.1. The normalized spacial score (nSPS) is 15.9. The van der Waals surface area contributed by atoms with E-state index in [0.29, 0.717) is 36.1 Å². The van der Waals surface area contributed by atoms with Gasteiger partial charge in [-0.05, 0) is 73.4 Å². The van der Waals surface area contributed by atoms with Gasteiger partial charge >= 0.3 is 0 Å². The molecule has 0 saturated carbocycles. The molecule has 1 aliphatic rings. The van der Waals surface area contributed by atoms with Crippen molar-refractivity contribution in [3.05, 3.63) is 54.1 Å². The van der Waals surface area contributed by atoms with Crippen LogP contribution in [0.5, 0.6) is 5.75 Å². The van der Waals surface area contributed by atoms with Crippen LogP contribution in [-0.2, 0) is 14.8 Å². The van der Waals surface area contributed by atoms with Crippen molar-refractivity contribution in [1.82, 2.24) is 10.0 Å². The molecule has 33 heavy (non-hydrogen) atoms. The number of sulfonamides is 1. The predicted molar refractivity (Wildman–Crippen MR) is 131 cm³/mol. The van der Waals surface area contributed by atoms with Crippen LogP contribution in [0.15, 0.2) is 53.4 Å². The summed E-state index contributed by atoms with van der Waals surface area (Å²) in [5.41, 5.74) is 0.964. The van der Waals surface area contributed by atoms with Gasteiger partial charge in [-0.1, -0.05) is 19.9 Å². The van der Waals surface area contributed by atoms with E-state index in [1.807, 2.05) is 13.8 Å². The molecule has 178 valence electrons. The van der Waals surface area contributed by atoms with E-state index in [-0.39, 0.29) is 28.6 Å². The first-order valence-electron chi connectivity index (χ1n) is 10.8. The Morgan fingerprint density at radius 2 is 1.97 bits per heavy atom. The lowest BCUT2D eigenvalue weighted by Gasteiger charge is -2.13. The number of nitrogens with one attached hydrogen (secondary N) is 3. The van der Waals surface area contributed by atoms with Crippen LogP contribution in [0, 0.1) is 5.92 Å². The van der Waals surface area contributed by atoms with Gasteiger partial charge < -0.3 is 14.8 Å². The summed E-state index contributed by atoms with van der Waals surface area (Å²) in [6.07, 6.45) is 1.72. The van der Waals surface area contributed by atoms with E-state index < -0.39 is 10.0 Å². The summed E-state index contributed by atoms with van der Waals surface area (Å²) in [4.78, 5) is 12.6. The second-order valence-electron chi connectivity index (χ2n) is 8.15. The fourth-order valence-electron chi connectivity index (χ4n) is 3.14. The van der Waals surface area contributed by atoms with E-state index in [4.69, 9.17) is 21.7 Å². The average Bonchev–Trinajstić information content (AvgIpc) is 3.31. The van der Waals surface area contributed by atoms with E-state index in [1.165, 1.54) is 12.1 Å². The van der Waals surface area contributed by atoms with Crippen molar-refractivity contribution in [2.24, 2.45) is 5.92 Å². The van der Waals surface area contributed by atoms with Crippen LogP contribution in [0.4, 0.5) is 5.69 Å². The molecule has 2 aromatic carbocycles. The number of anilines is 1. The van der Waals surface area contributed by atoms with Crippen molar-refractivity contribution >= 4 is 38.9 Å². The Labute approximate surface area is 200 Å². The third-order valence-electron chi connectivity index (χ3n) is 4.85. The summed E-state index contributed by atoms with van der Waals surface area (Å²) in [6.45, 7) is 5.57. The summed E-state index contributed by atoms with van der Waals surface area (Å²) in [5, 5.41) is 5.60. The summed E-state index contributed by atoms with van der Waals surface area (Å²) >= 11 is 5.22. The minimum atomic E-state index is -3.63. The number of benzene rings is 2. The summed E-state index contributed by atoms with van der Waals surface area (Å²) in [5.74, 6) is 0.609. The second kappa shape index (κ2) is 11.6. The Hall–Kier alpha value is -2.53. The monoisotopic (exact) mass is 491 g/mol. The van der Waals surface area contributed by atoms with E-state index in [9.17, 15) is 13.2 Å². The number of amides is 1. The highest BCUT2D eigenvalue weighted by atomic mass is 32.2. The molecule has 2 aromatic rings. The quantitative estimate of drug-likeness (QED) is 0.462. The van der Waals surface area contributed by atoms with Gasteiger partial charge in [0.2, 0.25) is 10.0 Å². The molecule has 0 spiro atoms. The zero-order chi connectivity index (χ0) is 23.8. The maximum absolute atomic E-state index is 12.5. The third kappa shape index (κ3) is 7.78. The molecule has 0 radical (unpaired) electrons. The molecule has 1 unspecified atom stereocenters. The highest BCUT2D eigenvalue weighted by molar-refractivity contribution is 7.89. The highest BCUT2D eigenvalue weighted by Gasteiger charge is 2.20. The Kier molecular flexibility index (Phi) is 8.79. The SMILES string of the molecule is CC(C)COc1cccc(C(=O)NC(=S)Nc2ccc(S(=O)(=O)NCC3CCCO3)cc2)c1. The van der Waals surface area contributed by atoms with Crippen molar-refractivity contribution in [2.45, 2.75) is 37.7 Å². The third-order valence-corrected chi connectivity index (χ3v) is 6.50. The Morgan fingerprint density at radius 1 is 1.21 bits per heavy atom. The van der Waals surface area contributed by atoms with E-state index in [0.717, 1.165) is 12.8 Å². The number of carbonyl (C=O) groups is 1. The van der Waals surface area contributed by atoms with Crippen LogP contribution in [0.2, 0.25) is 0 Å².